The molecule has 0 aromatic carbocycles. The fraction of sp³-hybridized carbons (Fsp3) is 0.919. The van der Waals surface area contributed by atoms with Crippen LogP contribution in [0.3, 0.4) is 0 Å². The van der Waals surface area contributed by atoms with Gasteiger partial charge in [-0.3, -0.25) is 19.3 Å². The van der Waals surface area contributed by atoms with Gasteiger partial charge < -0.3 is 49.0 Å². The summed E-state index contributed by atoms with van der Waals surface area (Å²) >= 11 is 5.31. The van der Waals surface area contributed by atoms with Crippen molar-refractivity contribution in [3.8, 4) is 0 Å². The van der Waals surface area contributed by atoms with Crippen LogP contribution in [0.1, 0.15) is 254 Å². The molecule has 19 heteroatoms. The molecule has 3 heterocycles. The molecule has 11 aliphatic carbocycles. The number of carboxylic acids is 1. The smallest absolute Gasteiger partial charge is 0.410 e. The highest BCUT2D eigenvalue weighted by Gasteiger charge is 2.52. The average molecular weight is 1350 g/mol. The standard InChI is InChI=1S/C24H37NO4.C17H29NO4.C13H23NO2.C11H15ClO2.C8H19N.CH4O.ClH/c1-28-21(26)15-16-2-4-24(5-3-16)6-8-25(9-7-24)23(27)29-22-19-11-17-10-18(13-19)14-20(22)12-17;1-16(2,3)22-15(21)18-10-8-17(9-11-18)6-4-13(5-7-17)12-14(19)20;1-16-12(15)10-11-2-4-13(5-3-11)6-8-14-9-7-13;12-11(13)14-10-8-2-6-1-7(4-8)5-9(10)3-6;1-6-9(7(2)3)8(4)5;1-2;/h16-20,22H,2-15H2,1H3;13H,4-12H2,1-3H3,(H,19,20);11,14H,2-10H2,1H3;6-10H,1-5H2;7-8H,6H2,1-5H3;2H,1H3;1H. The maximum atomic E-state index is 12.9. The zero-order valence-corrected chi connectivity index (χ0v) is 61.1. The van der Waals surface area contributed by atoms with Gasteiger partial charge in [-0.15, -0.1) is 12.4 Å². The van der Waals surface area contributed by atoms with Crippen LogP contribution in [0.25, 0.3) is 0 Å². The number of nitrogens with zero attached hydrogens (tertiary/aromatic N) is 3. The Labute approximate surface area is 572 Å². The van der Waals surface area contributed by atoms with Crippen molar-refractivity contribution in [1.29, 1.82) is 0 Å². The van der Waals surface area contributed by atoms with Crippen LogP contribution in [0.4, 0.5) is 14.4 Å². The number of hydrogen-bond acceptors (Lipinski definition) is 14. The summed E-state index contributed by atoms with van der Waals surface area (Å²) < 4.78 is 26.4. The second-order valence-electron chi connectivity index (χ2n) is 32.7. The summed E-state index contributed by atoms with van der Waals surface area (Å²) in [4.78, 5) is 75.6. The van der Waals surface area contributed by atoms with E-state index in [-0.39, 0.29) is 48.7 Å². The summed E-state index contributed by atoms with van der Waals surface area (Å²) in [6.07, 6.45) is 35.5. The first-order chi connectivity index (χ1) is 43.8. The minimum atomic E-state index is -0.680. The Morgan fingerprint density at radius 3 is 1.13 bits per heavy atom. The number of carbonyl (C=O) groups is 6. The van der Waals surface area contributed by atoms with Crippen molar-refractivity contribution in [3.63, 3.8) is 0 Å². The van der Waals surface area contributed by atoms with Gasteiger partial charge in [0.15, 0.2) is 0 Å². The third kappa shape index (κ3) is 23.2. The number of esters is 2. The predicted octanol–water partition coefficient (Wildman–Crippen LogP) is 15.9. The number of ether oxygens (including phenoxy) is 5. The van der Waals surface area contributed by atoms with Crippen LogP contribution >= 0.6 is 24.0 Å². The molecule has 0 aromatic heterocycles. The summed E-state index contributed by atoms with van der Waals surface area (Å²) in [5, 5.41) is 19.3. The lowest BCUT2D eigenvalue weighted by Gasteiger charge is -2.53. The lowest BCUT2D eigenvalue weighted by molar-refractivity contribution is -0.143. The molecule has 3 spiro atoms. The Kier molecular flexibility index (Phi) is 31.1. The van der Waals surface area contributed by atoms with E-state index in [9.17, 15) is 28.8 Å². The van der Waals surface area contributed by atoms with Gasteiger partial charge in [0.1, 0.15) is 17.8 Å². The number of carboxylic acid groups (broad SMARTS) is 1. The highest BCUT2D eigenvalue weighted by molar-refractivity contribution is 6.61. The number of aliphatic carboxylic acids is 1. The van der Waals surface area contributed by atoms with Crippen molar-refractivity contribution in [1.82, 2.24) is 20.0 Å². The molecular formula is C74H128Cl2N4O13. The number of nitrogens with one attached hydrogen (secondary N) is 1. The van der Waals surface area contributed by atoms with Crippen molar-refractivity contribution in [2.75, 3.05) is 67.1 Å². The number of rotatable bonds is 11. The van der Waals surface area contributed by atoms with E-state index in [1.54, 1.807) is 0 Å². The maximum absolute atomic E-state index is 12.9. The number of carbonyl (C=O) groups excluding carboxylic acids is 5. The number of halogens is 2. The van der Waals surface area contributed by atoms with E-state index in [0.29, 0.717) is 89.0 Å². The Morgan fingerprint density at radius 1 is 0.516 bits per heavy atom. The number of aliphatic hydroxyl groups is 1. The molecule has 0 aromatic rings. The molecule has 0 atom stereocenters. The highest BCUT2D eigenvalue weighted by Crippen LogP contribution is 2.57. The first kappa shape index (κ1) is 78.9. The molecule has 17 nitrogen and oxygen atoms in total. The molecular weight excluding hydrogens is 1220 g/mol. The molecule has 93 heavy (non-hydrogen) atoms. The number of aliphatic hydroxyl groups excluding tert-OH is 1. The van der Waals surface area contributed by atoms with Gasteiger partial charge >= 0.3 is 35.5 Å². The van der Waals surface area contributed by atoms with Crippen LogP contribution in [0, 0.1) is 81.3 Å². The van der Waals surface area contributed by atoms with Crippen LogP contribution in [0.2, 0.25) is 0 Å². The quantitative estimate of drug-likeness (QED) is 0.0998. The normalized spacial score (nSPS) is 31.5. The Bertz CT molecular complexity index is 2240. The maximum Gasteiger partial charge on any atom is 0.410 e. The third-order valence-electron chi connectivity index (χ3n) is 25.0. The Hall–Kier alpha value is -3.12. The molecule has 14 rings (SSSR count). The fourth-order valence-electron chi connectivity index (χ4n) is 20.2. The molecule has 14 fully saturated rings. The zero-order valence-electron chi connectivity index (χ0n) is 59.5. The molecule has 536 valence electrons. The second-order valence-corrected chi connectivity index (χ2v) is 33.0. The van der Waals surface area contributed by atoms with Gasteiger partial charge in [0.05, 0.1) is 14.2 Å². The molecule has 0 radical (unpaired) electrons. The van der Waals surface area contributed by atoms with Crippen molar-refractivity contribution in [2.45, 2.75) is 284 Å². The summed E-state index contributed by atoms with van der Waals surface area (Å²) in [5.74, 6) is 6.78. The molecule has 2 amide bonds. The number of methoxy groups -OCH3 is 2. The van der Waals surface area contributed by atoms with Crippen molar-refractivity contribution < 1.29 is 62.7 Å². The number of hydrogen-bond donors (Lipinski definition) is 3. The third-order valence-corrected chi connectivity index (χ3v) is 25.1. The van der Waals surface area contributed by atoms with Gasteiger partial charge in [-0.1, -0.05) is 6.92 Å². The van der Waals surface area contributed by atoms with Crippen LogP contribution in [0.5, 0.6) is 0 Å². The van der Waals surface area contributed by atoms with E-state index >= 15 is 0 Å². The van der Waals surface area contributed by atoms with Crippen LogP contribution in [-0.2, 0) is 38.1 Å². The van der Waals surface area contributed by atoms with Crippen LogP contribution in [0.15, 0.2) is 0 Å². The summed E-state index contributed by atoms with van der Waals surface area (Å²) in [6, 6.07) is 1.38. The second kappa shape index (κ2) is 36.6. The van der Waals surface area contributed by atoms with Gasteiger partial charge in [-0.25, -0.2) is 14.4 Å². The van der Waals surface area contributed by atoms with Gasteiger partial charge in [-0.2, -0.15) is 0 Å². The van der Waals surface area contributed by atoms with Crippen LogP contribution < -0.4 is 5.32 Å². The minimum Gasteiger partial charge on any atom is -0.481 e. The van der Waals surface area contributed by atoms with Crippen molar-refractivity contribution in [3.05, 3.63) is 0 Å². The van der Waals surface area contributed by atoms with Gasteiger partial charge in [0.25, 0.3) is 0 Å². The summed E-state index contributed by atoms with van der Waals surface area (Å²) in [5.41, 5.74) is 0.265. The highest BCUT2D eigenvalue weighted by atomic mass is 35.5. The van der Waals surface area contributed by atoms with Crippen LogP contribution in [-0.4, -0.2) is 157 Å². The Morgan fingerprint density at radius 2 is 0.839 bits per heavy atom. The number of amides is 2. The monoisotopic (exact) mass is 1350 g/mol. The summed E-state index contributed by atoms with van der Waals surface area (Å²) in [7, 11) is 3.96. The van der Waals surface area contributed by atoms with E-state index in [0.717, 1.165) is 128 Å². The van der Waals surface area contributed by atoms with Gasteiger partial charge in [0, 0.05) is 76.2 Å². The predicted molar refractivity (Wildman–Crippen MR) is 367 cm³/mol. The fourth-order valence-corrected chi connectivity index (χ4v) is 20.3. The SMILES string of the molecule is CC(C)(C)OC(=O)N1CCC2(CCC(CC(=O)O)CC2)CC1.CCN(C(C)C)C(C)C.CO.COC(=O)CC1CCC2(CC1)CCN(C(=O)OC1C3CC4CC(C3)CC1C4)CC2.COC(=O)CC1CCC2(CCNCC2)CC1.Cl.O=C(Cl)OC1C2CC3CC(C2)CC1C3. The van der Waals surface area contributed by atoms with E-state index < -0.39 is 17.0 Å². The van der Waals surface area contributed by atoms with Gasteiger partial charge in [0.2, 0.25) is 0 Å². The lowest BCUT2D eigenvalue weighted by Crippen LogP contribution is -2.52. The topological polar surface area (TPSA) is 211 Å². The molecule has 8 bridgehead atoms. The first-order valence-electron chi connectivity index (χ1n) is 36.8. The Balaban J connectivity index is 0.000000192. The molecule has 3 N–H and O–H groups in total. The molecule has 3 saturated heterocycles. The molecule has 3 aliphatic heterocycles. The minimum absolute atomic E-state index is 0. The average Bonchev–Trinajstić information content (AvgIpc) is 0.780. The van der Waals surface area contributed by atoms with E-state index in [1.807, 2.05) is 30.6 Å². The van der Waals surface area contributed by atoms with E-state index in [4.69, 9.17) is 45.5 Å². The molecule has 11 saturated carbocycles. The summed E-state index contributed by atoms with van der Waals surface area (Å²) in [6.45, 7) is 23.6. The lowest BCUT2D eigenvalue weighted by atomic mass is 9.55. The largest absolute Gasteiger partial charge is 0.481 e. The van der Waals surface area contributed by atoms with Crippen molar-refractivity contribution >= 4 is 59.5 Å². The number of piperidine rings is 3. The van der Waals surface area contributed by atoms with Crippen molar-refractivity contribution in [2.24, 2.45) is 81.3 Å². The van der Waals surface area contributed by atoms with Gasteiger partial charge in [-0.05, 0) is 329 Å². The van der Waals surface area contributed by atoms with E-state index in [2.05, 4.69) is 44.8 Å². The van der Waals surface area contributed by atoms with E-state index in [1.165, 1.54) is 143 Å². The first-order valence-corrected chi connectivity index (χ1v) is 37.2. The molecule has 14 aliphatic rings. The zero-order chi connectivity index (χ0) is 67.0. The molecule has 0 unspecified atom stereocenters. The number of likely N-dealkylation sites (tertiary alicyclic amines) is 2.